The number of nitrogens with zero attached hydrogens (tertiary/aromatic N) is 1. The molecule has 0 fully saturated rings. The molecule has 0 heterocycles. The highest BCUT2D eigenvalue weighted by atomic mass is 16.5. The van der Waals surface area contributed by atoms with E-state index in [-0.39, 0.29) is 5.78 Å². The fourth-order valence-electron chi connectivity index (χ4n) is 1.96. The van der Waals surface area contributed by atoms with Gasteiger partial charge in [0.2, 0.25) is 0 Å². The number of hydrogen-bond donors (Lipinski definition) is 0. The van der Waals surface area contributed by atoms with Crippen molar-refractivity contribution >= 4 is 5.78 Å². The third-order valence-electron chi connectivity index (χ3n) is 2.81. The Labute approximate surface area is 110 Å². The van der Waals surface area contributed by atoms with Gasteiger partial charge < -0.3 is 4.74 Å². The Hall–Kier alpha value is -1.35. The van der Waals surface area contributed by atoms with Crippen LogP contribution in [-0.2, 0) is 11.2 Å². The molecule has 0 saturated heterocycles. The third kappa shape index (κ3) is 4.88. The monoisotopic (exact) mass is 249 g/mol. The molecule has 0 radical (unpaired) electrons. The SMILES string of the molecule is CCOc1ccc(CCN(C)CC(C)=O)cc1C. The Morgan fingerprint density at radius 1 is 1.39 bits per heavy atom. The number of Topliss-reactive ketones (excluding diaryl/α,β-unsaturated/α-hetero) is 1. The lowest BCUT2D eigenvalue weighted by molar-refractivity contribution is -0.117. The summed E-state index contributed by atoms with van der Waals surface area (Å²) in [6.45, 7) is 7.79. The number of hydrogen-bond acceptors (Lipinski definition) is 3. The maximum absolute atomic E-state index is 11.0. The van der Waals surface area contributed by atoms with Gasteiger partial charge in [-0.2, -0.15) is 0 Å². The summed E-state index contributed by atoms with van der Waals surface area (Å²) >= 11 is 0. The number of carbonyl (C=O) groups excluding carboxylic acids is 1. The Balaban J connectivity index is 2.53. The fourth-order valence-corrected chi connectivity index (χ4v) is 1.96. The maximum atomic E-state index is 11.0. The molecular formula is C15H23NO2. The van der Waals surface area contributed by atoms with Gasteiger partial charge in [0.15, 0.2) is 0 Å². The van der Waals surface area contributed by atoms with Gasteiger partial charge in [0.25, 0.3) is 0 Å². The molecule has 0 aliphatic rings. The van der Waals surface area contributed by atoms with Crippen molar-refractivity contribution in [2.45, 2.75) is 27.2 Å². The molecule has 0 amide bonds. The summed E-state index contributed by atoms with van der Waals surface area (Å²) in [6.07, 6.45) is 0.955. The Bertz CT molecular complexity index is 401. The van der Waals surface area contributed by atoms with Crippen molar-refractivity contribution in [3.05, 3.63) is 29.3 Å². The second-order valence-electron chi connectivity index (χ2n) is 4.72. The van der Waals surface area contributed by atoms with Gasteiger partial charge in [0, 0.05) is 6.54 Å². The van der Waals surface area contributed by atoms with E-state index in [1.165, 1.54) is 11.1 Å². The average molecular weight is 249 g/mol. The van der Waals surface area contributed by atoms with Gasteiger partial charge in [-0.15, -0.1) is 0 Å². The second kappa shape index (κ2) is 7.17. The number of aryl methyl sites for hydroxylation is 1. The zero-order valence-electron chi connectivity index (χ0n) is 11.8. The zero-order valence-corrected chi connectivity index (χ0v) is 11.8. The van der Waals surface area contributed by atoms with E-state index >= 15 is 0 Å². The molecule has 0 bridgehead atoms. The first kappa shape index (κ1) is 14.7. The molecule has 0 aromatic heterocycles. The van der Waals surface area contributed by atoms with Crippen LogP contribution in [0.2, 0.25) is 0 Å². The first-order chi connectivity index (χ1) is 8.52. The summed E-state index contributed by atoms with van der Waals surface area (Å²) in [5.74, 6) is 1.17. The molecule has 100 valence electrons. The highest BCUT2D eigenvalue weighted by Crippen LogP contribution is 2.19. The van der Waals surface area contributed by atoms with Crippen LogP contribution in [0, 0.1) is 6.92 Å². The topological polar surface area (TPSA) is 29.5 Å². The standard InChI is InChI=1S/C15H23NO2/c1-5-18-15-7-6-14(10-12(15)2)8-9-16(4)11-13(3)17/h6-7,10H,5,8-9,11H2,1-4H3. The first-order valence-corrected chi connectivity index (χ1v) is 6.43. The predicted octanol–water partition coefficient (Wildman–Crippen LogP) is 2.46. The van der Waals surface area contributed by atoms with Crippen molar-refractivity contribution in [1.29, 1.82) is 0 Å². The second-order valence-corrected chi connectivity index (χ2v) is 4.72. The van der Waals surface area contributed by atoms with Crippen LogP contribution in [0.5, 0.6) is 5.75 Å². The molecule has 3 heteroatoms. The van der Waals surface area contributed by atoms with E-state index in [0.29, 0.717) is 13.2 Å². The van der Waals surface area contributed by atoms with Crippen molar-refractivity contribution in [2.75, 3.05) is 26.7 Å². The van der Waals surface area contributed by atoms with Crippen LogP contribution < -0.4 is 4.74 Å². The molecular weight excluding hydrogens is 226 g/mol. The number of ketones is 1. The van der Waals surface area contributed by atoms with E-state index in [1.54, 1.807) is 6.92 Å². The van der Waals surface area contributed by atoms with Crippen molar-refractivity contribution in [3.63, 3.8) is 0 Å². The summed E-state index contributed by atoms with van der Waals surface area (Å²) in [6, 6.07) is 6.28. The molecule has 1 aromatic carbocycles. The molecule has 0 aliphatic carbocycles. The maximum Gasteiger partial charge on any atom is 0.143 e. The predicted molar refractivity (Wildman–Crippen MR) is 74.2 cm³/mol. The third-order valence-corrected chi connectivity index (χ3v) is 2.81. The van der Waals surface area contributed by atoms with E-state index in [4.69, 9.17) is 4.74 Å². The van der Waals surface area contributed by atoms with Crippen LogP contribution in [0.3, 0.4) is 0 Å². The number of benzene rings is 1. The van der Waals surface area contributed by atoms with Gasteiger partial charge >= 0.3 is 0 Å². The Morgan fingerprint density at radius 2 is 2.11 bits per heavy atom. The smallest absolute Gasteiger partial charge is 0.143 e. The first-order valence-electron chi connectivity index (χ1n) is 6.43. The summed E-state index contributed by atoms with van der Waals surface area (Å²) in [5, 5.41) is 0. The van der Waals surface area contributed by atoms with Gasteiger partial charge in [-0.1, -0.05) is 12.1 Å². The minimum atomic E-state index is 0.209. The number of likely N-dealkylation sites (N-methyl/N-ethyl adjacent to an activating group) is 1. The van der Waals surface area contributed by atoms with Gasteiger partial charge in [-0.25, -0.2) is 0 Å². The van der Waals surface area contributed by atoms with Crippen molar-refractivity contribution in [2.24, 2.45) is 0 Å². The lowest BCUT2D eigenvalue weighted by Gasteiger charge is -2.15. The molecule has 3 nitrogen and oxygen atoms in total. The summed E-state index contributed by atoms with van der Waals surface area (Å²) < 4.78 is 5.51. The number of ether oxygens (including phenoxy) is 1. The minimum Gasteiger partial charge on any atom is -0.494 e. The molecule has 0 spiro atoms. The van der Waals surface area contributed by atoms with Gasteiger partial charge in [-0.3, -0.25) is 9.69 Å². The molecule has 0 N–H and O–H groups in total. The lowest BCUT2D eigenvalue weighted by atomic mass is 10.1. The average Bonchev–Trinajstić information content (AvgIpc) is 2.29. The normalized spacial score (nSPS) is 10.7. The van der Waals surface area contributed by atoms with Crippen molar-refractivity contribution < 1.29 is 9.53 Å². The van der Waals surface area contributed by atoms with Gasteiger partial charge in [0.05, 0.1) is 13.2 Å². The Morgan fingerprint density at radius 3 is 2.67 bits per heavy atom. The summed E-state index contributed by atoms with van der Waals surface area (Å²) in [5.41, 5.74) is 2.45. The fraction of sp³-hybridized carbons (Fsp3) is 0.533. The molecule has 0 atom stereocenters. The van der Waals surface area contributed by atoms with Gasteiger partial charge in [0.1, 0.15) is 11.5 Å². The highest BCUT2D eigenvalue weighted by Gasteiger charge is 2.04. The van der Waals surface area contributed by atoms with E-state index in [2.05, 4.69) is 19.1 Å². The number of rotatable bonds is 7. The van der Waals surface area contributed by atoms with Crippen LogP contribution in [0.4, 0.5) is 0 Å². The van der Waals surface area contributed by atoms with Gasteiger partial charge in [-0.05, 0) is 51.4 Å². The molecule has 0 aliphatic heterocycles. The zero-order chi connectivity index (χ0) is 13.5. The molecule has 1 aromatic rings. The van der Waals surface area contributed by atoms with Crippen molar-refractivity contribution in [1.82, 2.24) is 4.90 Å². The lowest BCUT2D eigenvalue weighted by Crippen LogP contribution is -2.26. The molecule has 1 rings (SSSR count). The van der Waals surface area contributed by atoms with E-state index < -0.39 is 0 Å². The summed E-state index contributed by atoms with van der Waals surface area (Å²) in [4.78, 5) is 13.0. The van der Waals surface area contributed by atoms with Crippen LogP contribution >= 0.6 is 0 Å². The van der Waals surface area contributed by atoms with Crippen LogP contribution in [0.15, 0.2) is 18.2 Å². The molecule has 18 heavy (non-hydrogen) atoms. The quantitative estimate of drug-likeness (QED) is 0.743. The van der Waals surface area contributed by atoms with Crippen LogP contribution in [0.25, 0.3) is 0 Å². The molecule has 0 unspecified atom stereocenters. The number of carbonyl (C=O) groups is 1. The minimum absolute atomic E-state index is 0.209. The Kier molecular flexibility index (Phi) is 5.86. The van der Waals surface area contributed by atoms with E-state index in [9.17, 15) is 4.79 Å². The largest absolute Gasteiger partial charge is 0.494 e. The van der Waals surface area contributed by atoms with Crippen molar-refractivity contribution in [3.8, 4) is 5.75 Å². The van der Waals surface area contributed by atoms with Crippen LogP contribution in [-0.4, -0.2) is 37.4 Å². The van der Waals surface area contributed by atoms with E-state index in [1.807, 2.05) is 24.9 Å². The van der Waals surface area contributed by atoms with E-state index in [0.717, 1.165) is 18.7 Å². The molecule has 0 saturated carbocycles. The highest BCUT2D eigenvalue weighted by molar-refractivity contribution is 5.77. The summed E-state index contributed by atoms with van der Waals surface area (Å²) in [7, 11) is 1.98. The van der Waals surface area contributed by atoms with Crippen LogP contribution in [0.1, 0.15) is 25.0 Å².